The highest BCUT2D eigenvalue weighted by atomic mass is 19.4. The van der Waals surface area contributed by atoms with Gasteiger partial charge in [-0.15, -0.1) is 0 Å². The molecule has 106 valence electrons. The fourth-order valence-corrected chi connectivity index (χ4v) is 1.90. The molecule has 3 nitrogen and oxygen atoms in total. The predicted molar refractivity (Wildman–Crippen MR) is 62.7 cm³/mol. The Bertz CT molecular complexity index is 455. The zero-order valence-corrected chi connectivity index (χ0v) is 10.4. The summed E-state index contributed by atoms with van der Waals surface area (Å²) in [6.07, 6.45) is -4.11. The normalized spacial score (nSPS) is 17.4. The Morgan fingerprint density at radius 3 is 2.47 bits per heavy atom. The van der Waals surface area contributed by atoms with Gasteiger partial charge in [-0.05, 0) is 30.0 Å². The van der Waals surface area contributed by atoms with Gasteiger partial charge in [0.2, 0.25) is 0 Å². The Labute approximate surface area is 108 Å². The van der Waals surface area contributed by atoms with Gasteiger partial charge in [0.05, 0.1) is 11.7 Å². The standard InChI is InChI=1S/C10H9F3O.C3H6O2/c11-10(12,13)8-3-1-2-7-6(8)4-5-9(7)14;1-2-3(4)5/h1-3,9,14H,4-5H2;2H2,1H3,(H,4,5). The highest BCUT2D eigenvalue weighted by Gasteiger charge is 2.36. The number of halogens is 3. The molecule has 1 unspecified atom stereocenters. The lowest BCUT2D eigenvalue weighted by Gasteiger charge is -2.11. The molecule has 0 fully saturated rings. The van der Waals surface area contributed by atoms with E-state index in [1.54, 1.807) is 13.0 Å². The van der Waals surface area contributed by atoms with Crippen LogP contribution in [0.1, 0.15) is 42.6 Å². The minimum absolute atomic E-state index is 0.222. The van der Waals surface area contributed by atoms with E-state index in [0.717, 1.165) is 6.07 Å². The molecule has 0 saturated heterocycles. The van der Waals surface area contributed by atoms with Crippen molar-refractivity contribution in [3.63, 3.8) is 0 Å². The molecule has 1 aliphatic rings. The van der Waals surface area contributed by atoms with Crippen molar-refractivity contribution in [3.8, 4) is 0 Å². The van der Waals surface area contributed by atoms with Crippen LogP contribution >= 0.6 is 0 Å². The van der Waals surface area contributed by atoms with E-state index in [2.05, 4.69) is 0 Å². The Hall–Kier alpha value is -1.56. The van der Waals surface area contributed by atoms with Crippen molar-refractivity contribution in [2.24, 2.45) is 0 Å². The SMILES string of the molecule is CCC(=O)O.OC1CCc2c1cccc2C(F)(F)F. The Morgan fingerprint density at radius 1 is 1.42 bits per heavy atom. The number of benzene rings is 1. The summed E-state index contributed by atoms with van der Waals surface area (Å²) < 4.78 is 37.5. The fourth-order valence-electron chi connectivity index (χ4n) is 1.90. The predicted octanol–water partition coefficient (Wildman–Crippen LogP) is 3.17. The zero-order chi connectivity index (χ0) is 14.6. The molecule has 1 atom stereocenters. The molecule has 0 bridgehead atoms. The molecule has 19 heavy (non-hydrogen) atoms. The molecule has 0 aromatic heterocycles. The molecule has 6 heteroatoms. The van der Waals surface area contributed by atoms with E-state index in [1.165, 1.54) is 6.07 Å². The molecular weight excluding hydrogens is 261 g/mol. The molecular formula is C13H15F3O3. The van der Waals surface area contributed by atoms with Crippen LogP contribution in [0, 0.1) is 0 Å². The summed E-state index contributed by atoms with van der Waals surface area (Å²) in [6.45, 7) is 1.60. The molecule has 0 radical (unpaired) electrons. The first-order valence-electron chi connectivity index (χ1n) is 5.86. The second-order valence-electron chi connectivity index (χ2n) is 4.17. The first kappa shape index (κ1) is 15.5. The van der Waals surface area contributed by atoms with Crippen molar-refractivity contribution >= 4 is 5.97 Å². The Kier molecular flexibility index (Phi) is 4.94. The quantitative estimate of drug-likeness (QED) is 0.828. The summed E-state index contributed by atoms with van der Waals surface area (Å²) in [6, 6.07) is 3.97. The maximum Gasteiger partial charge on any atom is 0.416 e. The van der Waals surface area contributed by atoms with E-state index in [0.29, 0.717) is 18.4 Å². The molecule has 0 amide bonds. The lowest BCUT2D eigenvalue weighted by molar-refractivity contribution is -0.138. The number of aliphatic carboxylic acids is 1. The second-order valence-corrected chi connectivity index (χ2v) is 4.17. The van der Waals surface area contributed by atoms with Gasteiger partial charge in [-0.1, -0.05) is 19.1 Å². The summed E-state index contributed by atoms with van der Waals surface area (Å²) in [5.74, 6) is -0.745. The maximum atomic E-state index is 12.5. The smallest absolute Gasteiger partial charge is 0.416 e. The average Bonchev–Trinajstić information content (AvgIpc) is 2.71. The number of carbonyl (C=O) groups is 1. The van der Waals surface area contributed by atoms with E-state index >= 15 is 0 Å². The highest BCUT2D eigenvalue weighted by Crippen LogP contribution is 2.40. The lowest BCUT2D eigenvalue weighted by atomic mass is 10.0. The second kappa shape index (κ2) is 6.06. The topological polar surface area (TPSA) is 57.5 Å². The Balaban J connectivity index is 0.000000312. The number of carboxylic acid groups (broad SMARTS) is 1. The summed E-state index contributed by atoms with van der Waals surface area (Å²) in [7, 11) is 0. The molecule has 0 aliphatic heterocycles. The lowest BCUT2D eigenvalue weighted by Crippen LogP contribution is -2.08. The number of fused-ring (bicyclic) bond motifs is 1. The average molecular weight is 276 g/mol. The largest absolute Gasteiger partial charge is 0.481 e. The minimum Gasteiger partial charge on any atom is -0.481 e. The van der Waals surface area contributed by atoms with E-state index in [9.17, 15) is 23.1 Å². The van der Waals surface area contributed by atoms with Crippen molar-refractivity contribution < 1.29 is 28.2 Å². The monoisotopic (exact) mass is 276 g/mol. The van der Waals surface area contributed by atoms with Crippen LogP contribution in [-0.2, 0) is 17.4 Å². The summed E-state index contributed by atoms with van der Waals surface area (Å²) in [5.41, 5.74) is 0.0823. The van der Waals surface area contributed by atoms with Crippen LogP contribution in [0.4, 0.5) is 13.2 Å². The number of hydrogen-bond acceptors (Lipinski definition) is 2. The summed E-state index contributed by atoms with van der Waals surface area (Å²) in [5, 5.41) is 17.1. The van der Waals surface area contributed by atoms with Gasteiger partial charge >= 0.3 is 12.1 Å². The third kappa shape index (κ3) is 3.96. The van der Waals surface area contributed by atoms with Crippen LogP contribution in [0.15, 0.2) is 18.2 Å². The molecule has 0 spiro atoms. The van der Waals surface area contributed by atoms with Crippen molar-refractivity contribution in [2.45, 2.75) is 38.5 Å². The fraction of sp³-hybridized carbons (Fsp3) is 0.462. The molecule has 1 aromatic carbocycles. The van der Waals surface area contributed by atoms with Gasteiger partial charge < -0.3 is 10.2 Å². The van der Waals surface area contributed by atoms with Crippen molar-refractivity contribution in [1.29, 1.82) is 0 Å². The highest BCUT2D eigenvalue weighted by molar-refractivity contribution is 5.66. The molecule has 1 aliphatic carbocycles. The first-order valence-corrected chi connectivity index (χ1v) is 5.86. The number of hydrogen-bond donors (Lipinski definition) is 2. The molecule has 0 heterocycles. The van der Waals surface area contributed by atoms with E-state index in [4.69, 9.17) is 5.11 Å². The van der Waals surface area contributed by atoms with E-state index in [-0.39, 0.29) is 12.0 Å². The van der Waals surface area contributed by atoms with Crippen molar-refractivity contribution in [2.75, 3.05) is 0 Å². The van der Waals surface area contributed by atoms with Gasteiger partial charge in [-0.25, -0.2) is 0 Å². The molecule has 1 aromatic rings. The zero-order valence-electron chi connectivity index (χ0n) is 10.4. The molecule has 2 N–H and O–H groups in total. The van der Waals surface area contributed by atoms with Crippen molar-refractivity contribution in [1.82, 2.24) is 0 Å². The van der Waals surface area contributed by atoms with Crippen LogP contribution in [0.3, 0.4) is 0 Å². The summed E-state index contributed by atoms with van der Waals surface area (Å²) in [4.78, 5) is 9.37. The van der Waals surface area contributed by atoms with Crippen LogP contribution < -0.4 is 0 Å². The first-order chi connectivity index (χ1) is 8.77. The number of aliphatic hydroxyl groups is 1. The third-order valence-electron chi connectivity index (χ3n) is 2.85. The van der Waals surface area contributed by atoms with Crippen LogP contribution in [0.25, 0.3) is 0 Å². The van der Waals surface area contributed by atoms with Gasteiger partial charge in [-0.2, -0.15) is 13.2 Å². The molecule has 2 rings (SSSR count). The van der Waals surface area contributed by atoms with Gasteiger partial charge in [0, 0.05) is 6.42 Å². The van der Waals surface area contributed by atoms with Crippen molar-refractivity contribution in [3.05, 3.63) is 34.9 Å². The number of rotatable bonds is 1. The number of alkyl halides is 3. The van der Waals surface area contributed by atoms with Crippen LogP contribution in [0.5, 0.6) is 0 Å². The van der Waals surface area contributed by atoms with Gasteiger partial charge in [0.15, 0.2) is 0 Å². The summed E-state index contributed by atoms with van der Waals surface area (Å²) >= 11 is 0. The van der Waals surface area contributed by atoms with Crippen LogP contribution in [0.2, 0.25) is 0 Å². The van der Waals surface area contributed by atoms with Gasteiger partial charge in [0.25, 0.3) is 0 Å². The maximum absolute atomic E-state index is 12.5. The molecule has 0 saturated carbocycles. The van der Waals surface area contributed by atoms with Gasteiger partial charge in [-0.3, -0.25) is 4.79 Å². The third-order valence-corrected chi connectivity index (χ3v) is 2.85. The minimum atomic E-state index is -4.31. The van der Waals surface area contributed by atoms with Gasteiger partial charge in [0.1, 0.15) is 0 Å². The number of carboxylic acids is 1. The number of aliphatic hydroxyl groups excluding tert-OH is 1. The Morgan fingerprint density at radius 2 is 2.00 bits per heavy atom. The van der Waals surface area contributed by atoms with Crippen LogP contribution in [-0.4, -0.2) is 16.2 Å². The van der Waals surface area contributed by atoms with E-state index < -0.39 is 23.8 Å². The van der Waals surface area contributed by atoms with E-state index in [1.807, 2.05) is 0 Å².